The van der Waals surface area contributed by atoms with Crippen molar-refractivity contribution in [2.24, 2.45) is 0 Å². The molecule has 3 N–H and O–H groups in total. The first kappa shape index (κ1) is 15.2. The van der Waals surface area contributed by atoms with Crippen LogP contribution in [0.2, 0.25) is 5.02 Å². The fourth-order valence-corrected chi connectivity index (χ4v) is 2.21. The fourth-order valence-electron chi connectivity index (χ4n) is 2.04. The molecule has 2 rings (SSSR count). The number of phenols is 1. The maximum absolute atomic E-state index is 12.2. The van der Waals surface area contributed by atoms with Crippen LogP contribution in [0.3, 0.4) is 0 Å². The lowest BCUT2D eigenvalue weighted by atomic mass is 10.1. The molecule has 0 fully saturated rings. The number of carbonyl (C=O) groups is 1. The molecule has 0 saturated carbocycles. The molecule has 1 amide bonds. The number of anilines is 1. The number of nitrogen functional groups attached to an aromatic ring is 1. The SMILES string of the molecule is CN(Cc1cc(N)ccc1Cl)C(=O)Cc1cccc(O)c1. The molecule has 0 spiro atoms. The minimum absolute atomic E-state index is 0.0564. The van der Waals surface area contributed by atoms with E-state index >= 15 is 0 Å². The van der Waals surface area contributed by atoms with Crippen molar-refractivity contribution in [3.05, 3.63) is 58.6 Å². The van der Waals surface area contributed by atoms with Crippen LogP contribution in [-0.2, 0) is 17.8 Å². The molecule has 0 aliphatic rings. The summed E-state index contributed by atoms with van der Waals surface area (Å²) in [6.45, 7) is 0.390. The third kappa shape index (κ3) is 4.13. The predicted octanol–water partition coefficient (Wildman–Crippen LogP) is 2.83. The van der Waals surface area contributed by atoms with Gasteiger partial charge < -0.3 is 15.7 Å². The second-order valence-electron chi connectivity index (χ2n) is 4.95. The molecule has 21 heavy (non-hydrogen) atoms. The topological polar surface area (TPSA) is 66.6 Å². The first-order valence-electron chi connectivity index (χ1n) is 6.51. The average molecular weight is 305 g/mol. The Labute approximate surface area is 128 Å². The molecule has 0 atom stereocenters. The summed E-state index contributed by atoms with van der Waals surface area (Å²) in [6, 6.07) is 11.9. The van der Waals surface area contributed by atoms with Gasteiger partial charge >= 0.3 is 0 Å². The van der Waals surface area contributed by atoms with Gasteiger partial charge in [-0.25, -0.2) is 0 Å². The molecule has 0 aliphatic carbocycles. The molecule has 0 heterocycles. The van der Waals surface area contributed by atoms with Crippen molar-refractivity contribution in [1.29, 1.82) is 0 Å². The summed E-state index contributed by atoms with van der Waals surface area (Å²) < 4.78 is 0. The zero-order valence-corrected chi connectivity index (χ0v) is 12.5. The third-order valence-electron chi connectivity index (χ3n) is 3.17. The summed E-state index contributed by atoms with van der Waals surface area (Å²) >= 11 is 6.10. The van der Waals surface area contributed by atoms with Gasteiger partial charge in [-0.1, -0.05) is 23.7 Å². The van der Waals surface area contributed by atoms with Gasteiger partial charge in [0.2, 0.25) is 5.91 Å². The zero-order valence-electron chi connectivity index (χ0n) is 11.7. The number of nitrogens with two attached hydrogens (primary N) is 1. The van der Waals surface area contributed by atoms with Gasteiger partial charge in [-0.05, 0) is 41.5 Å². The van der Waals surface area contributed by atoms with Crippen LogP contribution in [0.4, 0.5) is 5.69 Å². The van der Waals surface area contributed by atoms with E-state index in [1.165, 1.54) is 0 Å². The van der Waals surface area contributed by atoms with E-state index in [9.17, 15) is 9.90 Å². The second kappa shape index (κ2) is 6.50. The number of rotatable bonds is 4. The Morgan fingerprint density at radius 1 is 1.29 bits per heavy atom. The van der Waals surface area contributed by atoms with Gasteiger partial charge in [-0.15, -0.1) is 0 Å². The molecule has 0 bridgehead atoms. The smallest absolute Gasteiger partial charge is 0.227 e. The standard InChI is InChI=1S/C16H17ClN2O2/c1-19(10-12-9-13(18)5-6-15(12)17)16(21)8-11-3-2-4-14(20)7-11/h2-7,9,20H,8,10,18H2,1H3. The Kier molecular flexibility index (Phi) is 4.70. The summed E-state index contributed by atoms with van der Waals surface area (Å²) in [5.41, 5.74) is 7.92. The quantitative estimate of drug-likeness (QED) is 0.854. The number of hydrogen-bond donors (Lipinski definition) is 2. The highest BCUT2D eigenvalue weighted by atomic mass is 35.5. The van der Waals surface area contributed by atoms with Crippen molar-refractivity contribution in [3.8, 4) is 5.75 Å². The van der Waals surface area contributed by atoms with Crippen molar-refractivity contribution in [2.45, 2.75) is 13.0 Å². The maximum atomic E-state index is 12.2. The number of phenolic OH excluding ortho intramolecular Hbond substituents is 1. The van der Waals surface area contributed by atoms with Crippen molar-refractivity contribution in [1.82, 2.24) is 4.90 Å². The molecule has 110 valence electrons. The molecule has 0 aromatic heterocycles. The molecular formula is C16H17ClN2O2. The predicted molar refractivity (Wildman–Crippen MR) is 84.1 cm³/mol. The van der Waals surface area contributed by atoms with Gasteiger partial charge in [-0.2, -0.15) is 0 Å². The number of likely N-dealkylation sites (N-methyl/N-ethyl adjacent to an activating group) is 1. The molecular weight excluding hydrogens is 288 g/mol. The first-order chi connectivity index (χ1) is 9.95. The van der Waals surface area contributed by atoms with Crippen molar-refractivity contribution in [2.75, 3.05) is 12.8 Å². The lowest BCUT2D eigenvalue weighted by molar-refractivity contribution is -0.129. The molecule has 0 radical (unpaired) electrons. The van der Waals surface area contributed by atoms with E-state index in [2.05, 4.69) is 0 Å². The lowest BCUT2D eigenvalue weighted by Crippen LogP contribution is -2.27. The average Bonchev–Trinajstić information content (AvgIpc) is 2.43. The van der Waals surface area contributed by atoms with Crippen LogP contribution in [-0.4, -0.2) is 23.0 Å². The monoisotopic (exact) mass is 304 g/mol. The van der Waals surface area contributed by atoms with E-state index in [-0.39, 0.29) is 18.1 Å². The van der Waals surface area contributed by atoms with Crippen LogP contribution < -0.4 is 5.73 Å². The van der Waals surface area contributed by atoms with Crippen LogP contribution in [0.1, 0.15) is 11.1 Å². The van der Waals surface area contributed by atoms with Crippen molar-refractivity contribution in [3.63, 3.8) is 0 Å². The molecule has 4 nitrogen and oxygen atoms in total. The number of aromatic hydroxyl groups is 1. The highest BCUT2D eigenvalue weighted by Gasteiger charge is 2.12. The van der Waals surface area contributed by atoms with E-state index < -0.39 is 0 Å². The van der Waals surface area contributed by atoms with Crippen molar-refractivity contribution < 1.29 is 9.90 Å². The highest BCUT2D eigenvalue weighted by molar-refractivity contribution is 6.31. The van der Waals surface area contributed by atoms with Gasteiger partial charge in [0, 0.05) is 24.3 Å². The summed E-state index contributed by atoms with van der Waals surface area (Å²) in [6.07, 6.45) is 0.227. The normalized spacial score (nSPS) is 10.4. The Balaban J connectivity index is 2.04. The van der Waals surface area contributed by atoms with E-state index in [1.807, 2.05) is 0 Å². The Morgan fingerprint density at radius 2 is 2.05 bits per heavy atom. The van der Waals surface area contributed by atoms with Gasteiger partial charge in [0.05, 0.1) is 6.42 Å². The minimum Gasteiger partial charge on any atom is -0.508 e. The van der Waals surface area contributed by atoms with Gasteiger partial charge in [-0.3, -0.25) is 4.79 Å². The van der Waals surface area contributed by atoms with Crippen LogP contribution in [0.15, 0.2) is 42.5 Å². The minimum atomic E-state index is -0.0564. The molecule has 0 unspecified atom stereocenters. The highest BCUT2D eigenvalue weighted by Crippen LogP contribution is 2.20. The van der Waals surface area contributed by atoms with Gasteiger partial charge in [0.25, 0.3) is 0 Å². The number of benzene rings is 2. The van der Waals surface area contributed by atoms with Crippen LogP contribution in [0.5, 0.6) is 5.75 Å². The van der Waals surface area contributed by atoms with E-state index in [0.717, 1.165) is 11.1 Å². The zero-order chi connectivity index (χ0) is 15.4. The molecule has 0 aliphatic heterocycles. The number of carbonyl (C=O) groups excluding carboxylic acids is 1. The van der Waals surface area contributed by atoms with Crippen LogP contribution in [0, 0.1) is 0 Å². The number of halogens is 1. The molecule has 2 aromatic rings. The number of hydrogen-bond acceptors (Lipinski definition) is 3. The Hall–Kier alpha value is -2.20. The number of nitrogens with zero attached hydrogens (tertiary/aromatic N) is 1. The van der Waals surface area contributed by atoms with Gasteiger partial charge in [0.15, 0.2) is 0 Å². The Bertz CT molecular complexity index is 658. The summed E-state index contributed by atoms with van der Waals surface area (Å²) in [5.74, 6) is 0.0981. The largest absolute Gasteiger partial charge is 0.508 e. The first-order valence-corrected chi connectivity index (χ1v) is 6.89. The maximum Gasteiger partial charge on any atom is 0.227 e. The van der Waals surface area contributed by atoms with E-state index in [4.69, 9.17) is 17.3 Å². The lowest BCUT2D eigenvalue weighted by Gasteiger charge is -2.18. The Morgan fingerprint density at radius 3 is 2.76 bits per heavy atom. The van der Waals surface area contributed by atoms with Gasteiger partial charge in [0.1, 0.15) is 5.75 Å². The van der Waals surface area contributed by atoms with E-state index in [1.54, 1.807) is 54.4 Å². The van der Waals surface area contributed by atoms with Crippen LogP contribution >= 0.6 is 11.6 Å². The van der Waals surface area contributed by atoms with Crippen molar-refractivity contribution >= 4 is 23.2 Å². The summed E-state index contributed by atoms with van der Waals surface area (Å²) in [7, 11) is 1.71. The number of amides is 1. The molecule has 0 saturated heterocycles. The summed E-state index contributed by atoms with van der Waals surface area (Å²) in [4.78, 5) is 13.8. The fraction of sp³-hybridized carbons (Fsp3) is 0.188. The van der Waals surface area contributed by atoms with E-state index in [0.29, 0.717) is 17.3 Å². The third-order valence-corrected chi connectivity index (χ3v) is 3.54. The summed E-state index contributed by atoms with van der Waals surface area (Å²) in [5, 5.41) is 9.99. The van der Waals surface area contributed by atoms with Crippen LogP contribution in [0.25, 0.3) is 0 Å². The molecule has 2 aromatic carbocycles. The second-order valence-corrected chi connectivity index (χ2v) is 5.35. The molecule has 5 heteroatoms.